The van der Waals surface area contributed by atoms with Gasteiger partial charge in [-0.1, -0.05) is 84.9 Å². The van der Waals surface area contributed by atoms with Crippen molar-refractivity contribution < 1.29 is 18.0 Å². The first-order valence-corrected chi connectivity index (χ1v) is 16.0. The van der Waals surface area contributed by atoms with E-state index >= 15 is 0 Å². The van der Waals surface area contributed by atoms with Gasteiger partial charge in [0.15, 0.2) is 0 Å². The summed E-state index contributed by atoms with van der Waals surface area (Å²) in [7, 11) is -4.12. The Morgan fingerprint density at radius 1 is 0.976 bits per heavy atom. The molecule has 3 aromatic carbocycles. The number of para-hydroxylation sites is 1. The van der Waals surface area contributed by atoms with Crippen molar-refractivity contribution in [2.75, 3.05) is 10.8 Å². The number of hydrogen-bond donors (Lipinski definition) is 1. The minimum atomic E-state index is -4.12. The molecular weight excluding hydrogens is 581 g/mol. The third kappa shape index (κ3) is 7.61. The first kappa shape index (κ1) is 30.9. The highest BCUT2D eigenvalue weighted by molar-refractivity contribution is 7.92. The van der Waals surface area contributed by atoms with Crippen LogP contribution in [0, 0.1) is 6.92 Å². The average Bonchev–Trinajstić information content (AvgIpc) is 3.46. The Labute approximate surface area is 252 Å². The molecule has 0 spiro atoms. The third-order valence-corrected chi connectivity index (χ3v) is 9.75. The second kappa shape index (κ2) is 13.7. The second-order valence-electron chi connectivity index (χ2n) is 10.3. The minimum Gasteiger partial charge on any atom is -0.352 e. The first-order chi connectivity index (χ1) is 19.6. The summed E-state index contributed by atoms with van der Waals surface area (Å²) in [4.78, 5) is 29.2. The predicted molar refractivity (Wildman–Crippen MR) is 164 cm³/mol. The molecule has 1 fully saturated rings. The van der Waals surface area contributed by atoms with E-state index in [4.69, 9.17) is 23.2 Å². The fraction of sp³-hybridized carbons (Fsp3) is 0.355. The lowest BCUT2D eigenvalue weighted by Crippen LogP contribution is -2.53. The van der Waals surface area contributed by atoms with E-state index in [-0.39, 0.29) is 23.4 Å². The molecule has 0 aliphatic heterocycles. The number of sulfonamides is 1. The number of anilines is 1. The van der Waals surface area contributed by atoms with Crippen LogP contribution in [-0.4, -0.2) is 43.8 Å². The summed E-state index contributed by atoms with van der Waals surface area (Å²) in [5.41, 5.74) is 1.86. The van der Waals surface area contributed by atoms with E-state index in [0.717, 1.165) is 35.6 Å². The molecular formula is C31H35Cl2N3O4S. The normalized spacial score (nSPS) is 14.4. The summed E-state index contributed by atoms with van der Waals surface area (Å²) < 4.78 is 28.9. The van der Waals surface area contributed by atoms with Crippen molar-refractivity contribution in [2.45, 2.75) is 69.5 Å². The van der Waals surface area contributed by atoms with Crippen LogP contribution < -0.4 is 9.62 Å². The van der Waals surface area contributed by atoms with Crippen molar-refractivity contribution in [3.8, 4) is 0 Å². The Hall–Kier alpha value is -3.07. The number of benzene rings is 3. The van der Waals surface area contributed by atoms with Gasteiger partial charge in [0.1, 0.15) is 12.6 Å². The van der Waals surface area contributed by atoms with Gasteiger partial charge >= 0.3 is 0 Å². The quantitative estimate of drug-likeness (QED) is 0.272. The smallest absolute Gasteiger partial charge is 0.264 e. The van der Waals surface area contributed by atoms with Gasteiger partial charge in [-0.3, -0.25) is 13.9 Å². The van der Waals surface area contributed by atoms with E-state index < -0.39 is 28.5 Å². The number of hydrogen-bond acceptors (Lipinski definition) is 4. The SMILES string of the molecule is CC[C@@H](C(=O)NC1CCCC1)N(Cc1ccc(Cl)cc1Cl)C(=O)CN(c1ccccc1)S(=O)(=O)c1ccc(C)cc1. The molecule has 1 aliphatic carbocycles. The van der Waals surface area contributed by atoms with E-state index in [1.165, 1.54) is 17.0 Å². The topological polar surface area (TPSA) is 86.8 Å². The van der Waals surface area contributed by atoms with Crippen LogP contribution in [0.5, 0.6) is 0 Å². The standard InChI is InChI=1S/C31H35Cl2N3O4S/c1-3-29(31(38)34-25-9-7-8-10-25)35(20-23-15-16-24(32)19-28(23)33)30(37)21-36(26-11-5-4-6-12-26)41(39,40)27-17-13-22(2)14-18-27/h4-6,11-19,25,29H,3,7-10,20-21H2,1-2H3,(H,34,38)/t29-/m0/s1. The van der Waals surface area contributed by atoms with Gasteiger partial charge in [0.05, 0.1) is 10.6 Å². The summed E-state index contributed by atoms with van der Waals surface area (Å²) in [5, 5.41) is 3.90. The molecule has 0 radical (unpaired) electrons. The highest BCUT2D eigenvalue weighted by atomic mass is 35.5. The number of rotatable bonds is 11. The van der Waals surface area contributed by atoms with Gasteiger partial charge in [0, 0.05) is 22.6 Å². The van der Waals surface area contributed by atoms with Crippen molar-refractivity contribution in [2.24, 2.45) is 0 Å². The van der Waals surface area contributed by atoms with E-state index in [2.05, 4.69) is 5.32 Å². The number of halogens is 2. The summed E-state index contributed by atoms with van der Waals surface area (Å²) in [6, 6.07) is 19.2. The highest BCUT2D eigenvalue weighted by Crippen LogP contribution is 2.27. The molecule has 4 rings (SSSR count). The van der Waals surface area contributed by atoms with Crippen molar-refractivity contribution in [1.29, 1.82) is 0 Å². The van der Waals surface area contributed by atoms with E-state index in [9.17, 15) is 18.0 Å². The monoisotopic (exact) mass is 615 g/mol. The molecule has 0 bridgehead atoms. The van der Waals surface area contributed by atoms with E-state index in [0.29, 0.717) is 27.7 Å². The van der Waals surface area contributed by atoms with Crippen LogP contribution in [0.25, 0.3) is 0 Å². The average molecular weight is 617 g/mol. The number of nitrogens with zero attached hydrogens (tertiary/aromatic N) is 2. The summed E-state index contributed by atoms with van der Waals surface area (Å²) in [5.74, 6) is -0.783. The van der Waals surface area contributed by atoms with Crippen LogP contribution in [0.15, 0.2) is 77.7 Å². The van der Waals surface area contributed by atoms with Crippen LogP contribution in [0.1, 0.15) is 50.2 Å². The molecule has 7 nitrogen and oxygen atoms in total. The van der Waals surface area contributed by atoms with Crippen molar-refractivity contribution >= 4 is 50.7 Å². The fourth-order valence-corrected chi connectivity index (χ4v) is 6.96. The molecule has 1 saturated carbocycles. The Morgan fingerprint density at radius 3 is 2.24 bits per heavy atom. The number of carbonyl (C=O) groups excluding carboxylic acids is 2. The van der Waals surface area contributed by atoms with Crippen LogP contribution in [-0.2, 0) is 26.2 Å². The molecule has 41 heavy (non-hydrogen) atoms. The summed E-state index contributed by atoms with van der Waals surface area (Å²) >= 11 is 12.6. The van der Waals surface area contributed by atoms with Gasteiger partial charge in [0.25, 0.3) is 10.0 Å². The van der Waals surface area contributed by atoms with Gasteiger partial charge in [0.2, 0.25) is 11.8 Å². The maximum Gasteiger partial charge on any atom is 0.264 e. The Balaban J connectivity index is 1.71. The van der Waals surface area contributed by atoms with Crippen molar-refractivity contribution in [1.82, 2.24) is 10.2 Å². The zero-order chi connectivity index (χ0) is 29.6. The molecule has 1 N–H and O–H groups in total. The molecule has 2 amide bonds. The molecule has 3 aromatic rings. The van der Waals surface area contributed by atoms with Crippen LogP contribution in [0.2, 0.25) is 10.0 Å². The van der Waals surface area contributed by atoms with Gasteiger partial charge in [-0.25, -0.2) is 8.42 Å². The lowest BCUT2D eigenvalue weighted by molar-refractivity contribution is -0.140. The molecule has 0 heterocycles. The van der Waals surface area contributed by atoms with Gasteiger partial charge in [-0.2, -0.15) is 0 Å². The zero-order valence-corrected chi connectivity index (χ0v) is 25.6. The predicted octanol–water partition coefficient (Wildman–Crippen LogP) is 6.36. The zero-order valence-electron chi connectivity index (χ0n) is 23.2. The van der Waals surface area contributed by atoms with Gasteiger partial charge in [-0.15, -0.1) is 0 Å². The molecule has 1 atom stereocenters. The molecule has 0 unspecified atom stereocenters. The van der Waals surface area contributed by atoms with Gasteiger partial charge < -0.3 is 10.2 Å². The second-order valence-corrected chi connectivity index (χ2v) is 13.0. The molecule has 0 saturated heterocycles. The van der Waals surface area contributed by atoms with Gasteiger partial charge in [-0.05, 0) is 68.1 Å². The highest BCUT2D eigenvalue weighted by Gasteiger charge is 2.34. The molecule has 10 heteroatoms. The number of aryl methyl sites for hydroxylation is 1. The van der Waals surface area contributed by atoms with Crippen LogP contribution >= 0.6 is 23.2 Å². The number of carbonyl (C=O) groups is 2. The Bertz CT molecular complexity index is 1460. The van der Waals surface area contributed by atoms with Crippen LogP contribution in [0.3, 0.4) is 0 Å². The maximum atomic E-state index is 14.2. The number of amides is 2. The number of nitrogens with one attached hydrogen (secondary N) is 1. The lowest BCUT2D eigenvalue weighted by atomic mass is 10.1. The third-order valence-electron chi connectivity index (χ3n) is 7.38. The largest absolute Gasteiger partial charge is 0.352 e. The Kier molecular flexibility index (Phi) is 10.3. The minimum absolute atomic E-state index is 0.0125. The van der Waals surface area contributed by atoms with Crippen molar-refractivity contribution in [3.05, 3.63) is 94.0 Å². The molecule has 218 valence electrons. The fourth-order valence-electron chi connectivity index (χ4n) is 5.08. The molecule has 1 aliphatic rings. The molecule has 0 aromatic heterocycles. The first-order valence-electron chi connectivity index (χ1n) is 13.8. The Morgan fingerprint density at radius 2 is 1.63 bits per heavy atom. The lowest BCUT2D eigenvalue weighted by Gasteiger charge is -2.34. The van der Waals surface area contributed by atoms with Crippen LogP contribution in [0.4, 0.5) is 5.69 Å². The van der Waals surface area contributed by atoms with E-state index in [1.54, 1.807) is 60.7 Å². The van der Waals surface area contributed by atoms with E-state index in [1.807, 2.05) is 13.8 Å². The summed E-state index contributed by atoms with van der Waals surface area (Å²) in [6.07, 6.45) is 4.23. The summed E-state index contributed by atoms with van der Waals surface area (Å²) in [6.45, 7) is 3.22. The maximum absolute atomic E-state index is 14.2. The van der Waals surface area contributed by atoms with Crippen molar-refractivity contribution in [3.63, 3.8) is 0 Å².